The van der Waals surface area contributed by atoms with Gasteiger partial charge in [-0.3, -0.25) is 0 Å². The number of piperidine rings is 1. The maximum absolute atomic E-state index is 9.48. The standard InChI is InChI=1S/C23H30N2O/c1-18-21(19-6-3-2-4-7-19)8-5-9-22(18)25-14-10-20(11-15-25)24-16-23(17-26)12-13-23/h2-9,20,24,26H,10-17H2,1H3. The van der Waals surface area contributed by atoms with Crippen LogP contribution in [0.5, 0.6) is 0 Å². The van der Waals surface area contributed by atoms with Crippen LogP contribution >= 0.6 is 0 Å². The first kappa shape index (κ1) is 17.6. The molecule has 0 radical (unpaired) electrons. The van der Waals surface area contributed by atoms with E-state index >= 15 is 0 Å². The summed E-state index contributed by atoms with van der Waals surface area (Å²) in [6.45, 7) is 5.77. The van der Waals surface area contributed by atoms with Crippen LogP contribution in [0.2, 0.25) is 0 Å². The van der Waals surface area contributed by atoms with Crippen molar-refractivity contribution in [2.75, 3.05) is 31.1 Å². The maximum Gasteiger partial charge on any atom is 0.0499 e. The second-order valence-corrected chi connectivity index (χ2v) is 8.12. The molecule has 0 bridgehead atoms. The van der Waals surface area contributed by atoms with Crippen molar-refractivity contribution in [1.29, 1.82) is 0 Å². The molecule has 3 nitrogen and oxygen atoms in total. The van der Waals surface area contributed by atoms with Gasteiger partial charge >= 0.3 is 0 Å². The van der Waals surface area contributed by atoms with Crippen molar-refractivity contribution < 1.29 is 5.11 Å². The van der Waals surface area contributed by atoms with Gasteiger partial charge in [-0.15, -0.1) is 0 Å². The Balaban J connectivity index is 1.40. The van der Waals surface area contributed by atoms with E-state index in [0.29, 0.717) is 12.6 Å². The van der Waals surface area contributed by atoms with Gasteiger partial charge in [0.05, 0.1) is 0 Å². The lowest BCUT2D eigenvalue weighted by molar-refractivity contribution is 0.201. The van der Waals surface area contributed by atoms with Gasteiger partial charge in [0.15, 0.2) is 0 Å². The van der Waals surface area contributed by atoms with Crippen LogP contribution in [0.1, 0.15) is 31.2 Å². The summed E-state index contributed by atoms with van der Waals surface area (Å²) >= 11 is 0. The Hall–Kier alpha value is -1.84. The van der Waals surface area contributed by atoms with E-state index in [1.54, 1.807) is 0 Å². The van der Waals surface area contributed by atoms with Crippen molar-refractivity contribution in [2.45, 2.75) is 38.6 Å². The van der Waals surface area contributed by atoms with E-state index in [2.05, 4.69) is 65.7 Å². The predicted molar refractivity (Wildman–Crippen MR) is 109 cm³/mol. The Morgan fingerprint density at radius 2 is 1.77 bits per heavy atom. The molecule has 1 saturated carbocycles. The average molecular weight is 351 g/mol. The third-order valence-electron chi connectivity index (χ3n) is 6.28. The second-order valence-electron chi connectivity index (χ2n) is 8.12. The largest absolute Gasteiger partial charge is 0.396 e. The normalized spacial score (nSPS) is 19.5. The van der Waals surface area contributed by atoms with Crippen LogP contribution in [-0.2, 0) is 0 Å². The third kappa shape index (κ3) is 3.65. The number of rotatable bonds is 6. The van der Waals surface area contributed by atoms with Crippen molar-refractivity contribution in [3.05, 3.63) is 54.1 Å². The number of benzene rings is 2. The van der Waals surface area contributed by atoms with Gasteiger partial charge in [0.25, 0.3) is 0 Å². The van der Waals surface area contributed by atoms with Crippen LogP contribution in [0, 0.1) is 12.3 Å². The molecule has 1 aliphatic heterocycles. The Morgan fingerprint density at radius 1 is 1.04 bits per heavy atom. The molecule has 0 unspecified atom stereocenters. The second kappa shape index (κ2) is 7.42. The molecule has 0 spiro atoms. The van der Waals surface area contributed by atoms with Gasteiger partial charge in [0.2, 0.25) is 0 Å². The maximum atomic E-state index is 9.48. The fourth-order valence-corrected chi connectivity index (χ4v) is 4.15. The molecule has 4 rings (SSSR count). The summed E-state index contributed by atoms with van der Waals surface area (Å²) in [7, 11) is 0. The van der Waals surface area contributed by atoms with Gasteiger partial charge in [-0.2, -0.15) is 0 Å². The molecule has 1 heterocycles. The van der Waals surface area contributed by atoms with Crippen LogP contribution in [0.4, 0.5) is 5.69 Å². The lowest BCUT2D eigenvalue weighted by Crippen LogP contribution is -2.44. The Bertz CT molecular complexity index is 731. The van der Waals surface area contributed by atoms with Crippen LogP contribution in [0.25, 0.3) is 11.1 Å². The SMILES string of the molecule is Cc1c(-c2ccccc2)cccc1N1CCC(NCC2(CO)CC2)CC1. The zero-order valence-corrected chi connectivity index (χ0v) is 15.7. The highest BCUT2D eigenvalue weighted by molar-refractivity contribution is 5.74. The molecule has 1 saturated heterocycles. The lowest BCUT2D eigenvalue weighted by atomic mass is 9.97. The molecule has 0 aromatic heterocycles. The molecule has 2 N–H and O–H groups in total. The molecule has 0 amide bonds. The van der Waals surface area contributed by atoms with Gasteiger partial charge in [-0.25, -0.2) is 0 Å². The first-order valence-corrected chi connectivity index (χ1v) is 9.95. The van der Waals surface area contributed by atoms with Gasteiger partial charge in [0, 0.05) is 43.4 Å². The minimum Gasteiger partial charge on any atom is -0.396 e. The van der Waals surface area contributed by atoms with E-state index in [9.17, 15) is 5.11 Å². The first-order chi connectivity index (χ1) is 12.7. The smallest absolute Gasteiger partial charge is 0.0499 e. The van der Waals surface area contributed by atoms with Crippen molar-refractivity contribution in [2.24, 2.45) is 5.41 Å². The van der Waals surface area contributed by atoms with E-state index in [0.717, 1.165) is 19.6 Å². The van der Waals surface area contributed by atoms with Crippen LogP contribution in [0.3, 0.4) is 0 Å². The zero-order chi connectivity index (χ0) is 18.0. The predicted octanol–water partition coefficient (Wildman–Crippen LogP) is 3.99. The fraction of sp³-hybridized carbons (Fsp3) is 0.478. The lowest BCUT2D eigenvalue weighted by Gasteiger charge is -2.36. The van der Waals surface area contributed by atoms with E-state index in [4.69, 9.17) is 0 Å². The number of nitrogens with zero attached hydrogens (tertiary/aromatic N) is 1. The highest BCUT2D eigenvalue weighted by atomic mass is 16.3. The van der Waals surface area contributed by atoms with Gasteiger partial charge in [0.1, 0.15) is 0 Å². The number of anilines is 1. The van der Waals surface area contributed by atoms with E-state index in [1.807, 2.05) is 0 Å². The summed E-state index contributed by atoms with van der Waals surface area (Å²) in [6, 6.07) is 17.9. The number of hydrogen-bond acceptors (Lipinski definition) is 3. The van der Waals surface area contributed by atoms with Crippen LogP contribution in [-0.4, -0.2) is 37.4 Å². The highest BCUT2D eigenvalue weighted by Crippen LogP contribution is 2.44. The molecule has 0 atom stereocenters. The number of aliphatic hydroxyl groups is 1. The zero-order valence-electron chi connectivity index (χ0n) is 15.7. The summed E-state index contributed by atoms with van der Waals surface area (Å²) in [5, 5.41) is 13.2. The quantitative estimate of drug-likeness (QED) is 0.827. The average Bonchev–Trinajstić information content (AvgIpc) is 3.48. The van der Waals surface area contributed by atoms with Crippen LogP contribution in [0.15, 0.2) is 48.5 Å². The summed E-state index contributed by atoms with van der Waals surface area (Å²) in [5.74, 6) is 0. The topological polar surface area (TPSA) is 35.5 Å². The number of nitrogens with one attached hydrogen (secondary N) is 1. The molecule has 2 aliphatic rings. The Morgan fingerprint density at radius 3 is 2.42 bits per heavy atom. The monoisotopic (exact) mass is 350 g/mol. The third-order valence-corrected chi connectivity index (χ3v) is 6.28. The summed E-state index contributed by atoms with van der Waals surface area (Å²) in [5.41, 5.74) is 5.59. The molecular formula is C23H30N2O. The molecule has 2 fully saturated rings. The van der Waals surface area contributed by atoms with Crippen molar-refractivity contribution >= 4 is 5.69 Å². The molecule has 138 valence electrons. The van der Waals surface area contributed by atoms with Crippen molar-refractivity contribution in [3.8, 4) is 11.1 Å². The Labute approximate surface area is 157 Å². The van der Waals surface area contributed by atoms with Crippen molar-refractivity contribution in [1.82, 2.24) is 5.32 Å². The minimum absolute atomic E-state index is 0.206. The number of hydrogen-bond donors (Lipinski definition) is 2. The van der Waals surface area contributed by atoms with Gasteiger partial charge in [-0.05, 0) is 55.4 Å². The van der Waals surface area contributed by atoms with E-state index in [1.165, 1.54) is 48.1 Å². The molecule has 2 aromatic carbocycles. The molecular weight excluding hydrogens is 320 g/mol. The van der Waals surface area contributed by atoms with Crippen LogP contribution < -0.4 is 10.2 Å². The van der Waals surface area contributed by atoms with E-state index in [-0.39, 0.29) is 5.41 Å². The van der Waals surface area contributed by atoms with Gasteiger partial charge in [-0.1, -0.05) is 42.5 Å². The van der Waals surface area contributed by atoms with Crippen molar-refractivity contribution in [3.63, 3.8) is 0 Å². The molecule has 26 heavy (non-hydrogen) atoms. The molecule has 2 aromatic rings. The Kier molecular flexibility index (Phi) is 5.01. The number of aliphatic hydroxyl groups excluding tert-OH is 1. The summed E-state index contributed by atoms with van der Waals surface area (Å²) in [4.78, 5) is 2.54. The van der Waals surface area contributed by atoms with E-state index < -0.39 is 0 Å². The first-order valence-electron chi connectivity index (χ1n) is 9.95. The molecule has 3 heteroatoms. The fourth-order valence-electron chi connectivity index (χ4n) is 4.15. The molecule has 1 aliphatic carbocycles. The summed E-state index contributed by atoms with van der Waals surface area (Å²) in [6.07, 6.45) is 4.72. The van der Waals surface area contributed by atoms with Gasteiger partial charge < -0.3 is 15.3 Å². The summed E-state index contributed by atoms with van der Waals surface area (Å²) < 4.78 is 0. The minimum atomic E-state index is 0.206. The highest BCUT2D eigenvalue weighted by Gasteiger charge is 2.42.